The van der Waals surface area contributed by atoms with Crippen molar-refractivity contribution in [2.45, 2.75) is 0 Å². The second kappa shape index (κ2) is 7.30. The number of benzene rings is 2. The second-order valence-corrected chi connectivity index (χ2v) is 7.23. The molecule has 3 rings (SSSR count). The average Bonchev–Trinajstić information content (AvgIpc) is 3.03. The van der Waals surface area contributed by atoms with E-state index in [1.165, 1.54) is 11.3 Å². The molecule has 0 radical (unpaired) electrons. The van der Waals surface area contributed by atoms with Crippen LogP contribution in [0.15, 0.2) is 64.5 Å². The molecule has 3 nitrogen and oxygen atoms in total. The molecule has 0 aliphatic carbocycles. The Hall–Kier alpha value is -1.95. The van der Waals surface area contributed by atoms with Gasteiger partial charge in [-0.3, -0.25) is 9.59 Å². The minimum Gasteiger partial charge on any atom is -0.321 e. The third-order valence-electron chi connectivity index (χ3n) is 3.30. The van der Waals surface area contributed by atoms with Gasteiger partial charge in [0.05, 0.1) is 10.6 Å². The van der Waals surface area contributed by atoms with Crippen LogP contribution in [0.25, 0.3) is 0 Å². The fourth-order valence-electron chi connectivity index (χ4n) is 2.16. The fourth-order valence-corrected chi connectivity index (χ4v) is 3.71. The number of hydrogen-bond acceptors (Lipinski definition) is 3. The molecule has 0 fully saturated rings. The van der Waals surface area contributed by atoms with E-state index in [0.29, 0.717) is 26.7 Å². The Morgan fingerprint density at radius 2 is 1.79 bits per heavy atom. The maximum atomic E-state index is 12.7. The van der Waals surface area contributed by atoms with Gasteiger partial charge in [-0.1, -0.05) is 29.8 Å². The molecule has 2 aromatic carbocycles. The first-order chi connectivity index (χ1) is 11.5. The number of nitrogens with one attached hydrogen (secondary N) is 1. The normalized spacial score (nSPS) is 10.4. The number of rotatable bonds is 4. The molecule has 1 N–H and O–H groups in total. The summed E-state index contributed by atoms with van der Waals surface area (Å²) < 4.78 is 0.841. The molecule has 0 atom stereocenters. The number of carbonyl (C=O) groups excluding carboxylic acids is 2. The predicted octanol–water partition coefficient (Wildman–Crippen LogP) is 5.65. The van der Waals surface area contributed by atoms with E-state index in [0.717, 1.165) is 4.47 Å². The van der Waals surface area contributed by atoms with Crippen molar-refractivity contribution in [2.24, 2.45) is 0 Å². The summed E-state index contributed by atoms with van der Waals surface area (Å²) in [5, 5.41) is 5.06. The highest BCUT2D eigenvalue weighted by atomic mass is 79.9. The van der Waals surface area contributed by atoms with Crippen LogP contribution in [0.4, 0.5) is 5.69 Å². The minimum atomic E-state index is -0.278. The van der Waals surface area contributed by atoms with E-state index in [-0.39, 0.29) is 11.7 Å². The standard InChI is InChI=1S/C18H11BrClNO2S/c19-12-8-16(24-10-12)17(22)14-9-13(20)6-7-15(14)21-18(23)11-4-2-1-3-5-11/h1-10H,(H,21,23). The Labute approximate surface area is 156 Å². The number of halogens is 2. The van der Waals surface area contributed by atoms with Crippen LogP contribution in [-0.4, -0.2) is 11.7 Å². The third-order valence-corrected chi connectivity index (χ3v) is 5.23. The summed E-state index contributed by atoms with van der Waals surface area (Å²) in [6, 6.07) is 15.4. The average molecular weight is 421 g/mol. The van der Waals surface area contributed by atoms with Gasteiger partial charge in [0.15, 0.2) is 0 Å². The zero-order chi connectivity index (χ0) is 17.1. The number of thiophene rings is 1. The van der Waals surface area contributed by atoms with Gasteiger partial charge in [-0.2, -0.15) is 0 Å². The van der Waals surface area contributed by atoms with Crippen molar-refractivity contribution in [1.82, 2.24) is 0 Å². The van der Waals surface area contributed by atoms with Crippen molar-refractivity contribution in [1.29, 1.82) is 0 Å². The molecule has 1 aromatic heterocycles. The van der Waals surface area contributed by atoms with Gasteiger partial charge >= 0.3 is 0 Å². The van der Waals surface area contributed by atoms with Crippen LogP contribution >= 0.6 is 38.9 Å². The van der Waals surface area contributed by atoms with Crippen molar-refractivity contribution < 1.29 is 9.59 Å². The highest BCUT2D eigenvalue weighted by Crippen LogP contribution is 2.28. The molecule has 120 valence electrons. The van der Waals surface area contributed by atoms with E-state index in [9.17, 15) is 9.59 Å². The molecule has 24 heavy (non-hydrogen) atoms. The smallest absolute Gasteiger partial charge is 0.255 e. The Morgan fingerprint density at radius 1 is 1.04 bits per heavy atom. The summed E-state index contributed by atoms with van der Waals surface area (Å²) in [6.45, 7) is 0. The van der Waals surface area contributed by atoms with Gasteiger partial charge in [-0.25, -0.2) is 0 Å². The molecule has 6 heteroatoms. The van der Waals surface area contributed by atoms with Gasteiger partial charge in [0, 0.05) is 26.0 Å². The van der Waals surface area contributed by atoms with Gasteiger partial charge in [0.1, 0.15) is 0 Å². The lowest BCUT2D eigenvalue weighted by Gasteiger charge is -2.10. The van der Waals surface area contributed by atoms with Gasteiger partial charge in [0.2, 0.25) is 5.78 Å². The number of hydrogen-bond donors (Lipinski definition) is 1. The summed E-state index contributed by atoms with van der Waals surface area (Å²) in [7, 11) is 0. The van der Waals surface area contributed by atoms with Gasteiger partial charge in [-0.15, -0.1) is 11.3 Å². The van der Waals surface area contributed by atoms with Crippen molar-refractivity contribution in [3.05, 3.63) is 85.5 Å². The maximum absolute atomic E-state index is 12.7. The summed E-state index contributed by atoms with van der Waals surface area (Å²) in [4.78, 5) is 25.7. The Kier molecular flexibility index (Phi) is 5.14. The van der Waals surface area contributed by atoms with Crippen LogP contribution in [0.2, 0.25) is 5.02 Å². The highest BCUT2D eigenvalue weighted by Gasteiger charge is 2.18. The molecule has 0 saturated carbocycles. The van der Waals surface area contributed by atoms with Crippen LogP contribution < -0.4 is 5.32 Å². The zero-order valence-electron chi connectivity index (χ0n) is 12.3. The molecule has 0 bridgehead atoms. The lowest BCUT2D eigenvalue weighted by atomic mass is 10.1. The maximum Gasteiger partial charge on any atom is 0.255 e. The topological polar surface area (TPSA) is 46.2 Å². The zero-order valence-corrected chi connectivity index (χ0v) is 15.4. The number of carbonyl (C=O) groups is 2. The molecule has 0 aliphatic heterocycles. The third kappa shape index (κ3) is 3.75. The summed E-state index contributed by atoms with van der Waals surface area (Å²) >= 11 is 10.7. The summed E-state index contributed by atoms with van der Waals surface area (Å²) in [5.41, 5.74) is 1.31. The number of anilines is 1. The van der Waals surface area contributed by atoms with E-state index in [2.05, 4.69) is 21.2 Å². The van der Waals surface area contributed by atoms with Crippen molar-refractivity contribution in [3.63, 3.8) is 0 Å². The fraction of sp³-hybridized carbons (Fsp3) is 0. The predicted molar refractivity (Wildman–Crippen MR) is 101 cm³/mol. The molecule has 0 spiro atoms. The van der Waals surface area contributed by atoms with E-state index >= 15 is 0 Å². The van der Waals surface area contributed by atoms with Crippen LogP contribution in [0.3, 0.4) is 0 Å². The van der Waals surface area contributed by atoms with Gasteiger partial charge < -0.3 is 5.32 Å². The summed E-state index contributed by atoms with van der Waals surface area (Å²) in [5.74, 6) is -0.462. The van der Waals surface area contributed by atoms with Crippen molar-refractivity contribution in [2.75, 3.05) is 5.32 Å². The Balaban J connectivity index is 1.94. The molecular formula is C18H11BrClNO2S. The lowest BCUT2D eigenvalue weighted by molar-refractivity contribution is 0.102. The Morgan fingerprint density at radius 3 is 2.46 bits per heavy atom. The van der Waals surface area contributed by atoms with E-state index in [1.54, 1.807) is 48.5 Å². The highest BCUT2D eigenvalue weighted by molar-refractivity contribution is 9.10. The van der Waals surface area contributed by atoms with Crippen LogP contribution in [0.1, 0.15) is 25.6 Å². The van der Waals surface area contributed by atoms with E-state index < -0.39 is 0 Å². The van der Waals surface area contributed by atoms with Crippen molar-refractivity contribution in [3.8, 4) is 0 Å². The van der Waals surface area contributed by atoms with Crippen LogP contribution in [0.5, 0.6) is 0 Å². The van der Waals surface area contributed by atoms with Gasteiger partial charge in [0.25, 0.3) is 5.91 Å². The van der Waals surface area contributed by atoms with Crippen molar-refractivity contribution >= 4 is 56.2 Å². The van der Waals surface area contributed by atoms with Crippen LogP contribution in [0, 0.1) is 0 Å². The molecule has 3 aromatic rings. The number of ketones is 1. The first-order valence-corrected chi connectivity index (χ1v) is 9.04. The molecular weight excluding hydrogens is 410 g/mol. The van der Waals surface area contributed by atoms with Gasteiger partial charge in [-0.05, 0) is 52.3 Å². The minimum absolute atomic E-state index is 0.184. The Bertz CT molecular complexity index is 908. The molecule has 1 heterocycles. The number of amides is 1. The molecule has 0 unspecified atom stereocenters. The molecule has 0 saturated heterocycles. The lowest BCUT2D eigenvalue weighted by Crippen LogP contribution is -2.15. The quantitative estimate of drug-likeness (QED) is 0.555. The first-order valence-electron chi connectivity index (χ1n) is 6.99. The molecule has 1 amide bonds. The largest absolute Gasteiger partial charge is 0.321 e. The first kappa shape index (κ1) is 16.9. The monoisotopic (exact) mass is 419 g/mol. The van der Waals surface area contributed by atoms with E-state index in [1.807, 2.05) is 11.4 Å². The SMILES string of the molecule is O=C(Nc1ccc(Cl)cc1C(=O)c1cc(Br)cs1)c1ccccc1. The van der Waals surface area contributed by atoms with E-state index in [4.69, 9.17) is 11.6 Å². The molecule has 0 aliphatic rings. The summed E-state index contributed by atoms with van der Waals surface area (Å²) in [6.07, 6.45) is 0. The van der Waals surface area contributed by atoms with Crippen LogP contribution in [-0.2, 0) is 0 Å². The second-order valence-electron chi connectivity index (χ2n) is 4.97.